The number of carbonyl (C=O) groups is 1. The van der Waals surface area contributed by atoms with Crippen molar-refractivity contribution >= 4 is 29.2 Å². The number of aliphatic hydroxyl groups is 1. The van der Waals surface area contributed by atoms with Gasteiger partial charge in [0, 0.05) is 40.4 Å². The molecule has 0 saturated heterocycles. The molecule has 1 aliphatic heterocycles. The summed E-state index contributed by atoms with van der Waals surface area (Å²) in [5, 5.41) is 11.2. The Morgan fingerprint density at radius 2 is 1.85 bits per heavy atom. The highest BCUT2D eigenvalue weighted by atomic mass is 35.5. The summed E-state index contributed by atoms with van der Waals surface area (Å²) in [7, 11) is 0. The van der Waals surface area contributed by atoms with Gasteiger partial charge in [-0.25, -0.2) is 8.78 Å². The molecule has 3 aromatic carbocycles. The molecular formula is C27H22ClF2NO2. The zero-order valence-electron chi connectivity index (χ0n) is 17.8. The molecule has 0 aliphatic carbocycles. The minimum absolute atomic E-state index is 0.131. The number of benzene rings is 3. The number of aliphatic imine (C=N–C) groups is 1. The molecule has 1 atom stereocenters. The minimum Gasteiger partial charge on any atom is -0.384 e. The second kappa shape index (κ2) is 10.2. The van der Waals surface area contributed by atoms with Crippen LogP contribution in [0.2, 0.25) is 5.02 Å². The zero-order chi connectivity index (χ0) is 23.4. The van der Waals surface area contributed by atoms with Crippen LogP contribution in [0.1, 0.15) is 41.2 Å². The highest BCUT2D eigenvalue weighted by molar-refractivity contribution is 6.31. The van der Waals surface area contributed by atoms with Crippen molar-refractivity contribution in [3.05, 3.63) is 111 Å². The van der Waals surface area contributed by atoms with Gasteiger partial charge in [0.25, 0.3) is 0 Å². The Labute approximate surface area is 196 Å². The monoisotopic (exact) mass is 465 g/mol. The maximum Gasteiger partial charge on any atom is 0.164 e. The van der Waals surface area contributed by atoms with E-state index < -0.39 is 17.7 Å². The molecule has 0 spiro atoms. The van der Waals surface area contributed by atoms with Crippen LogP contribution in [0.4, 0.5) is 8.78 Å². The summed E-state index contributed by atoms with van der Waals surface area (Å²) in [6.07, 6.45) is 2.07. The van der Waals surface area contributed by atoms with Gasteiger partial charge in [-0.1, -0.05) is 54.1 Å². The first-order valence-corrected chi connectivity index (χ1v) is 11.0. The molecule has 3 nitrogen and oxygen atoms in total. The molecule has 0 fully saturated rings. The number of allylic oxidation sites excluding steroid dienone is 1. The average Bonchev–Trinajstić information content (AvgIpc) is 3.30. The fourth-order valence-corrected chi connectivity index (χ4v) is 4.18. The van der Waals surface area contributed by atoms with E-state index in [1.807, 2.05) is 42.5 Å². The molecule has 33 heavy (non-hydrogen) atoms. The molecule has 1 heterocycles. The number of ketones is 1. The Kier molecular flexibility index (Phi) is 7.11. The molecule has 0 amide bonds. The van der Waals surface area contributed by atoms with Gasteiger partial charge in [-0.3, -0.25) is 9.79 Å². The average molecular weight is 466 g/mol. The topological polar surface area (TPSA) is 49.7 Å². The normalized spacial score (nSPS) is 14.1. The van der Waals surface area contributed by atoms with Crippen LogP contribution in [0.5, 0.6) is 0 Å². The van der Waals surface area contributed by atoms with Gasteiger partial charge in [0.05, 0.1) is 6.54 Å². The third-order valence-electron chi connectivity index (χ3n) is 5.69. The molecule has 4 rings (SSSR count). The summed E-state index contributed by atoms with van der Waals surface area (Å²) in [6.45, 7) is 0.196. The van der Waals surface area contributed by atoms with Crippen molar-refractivity contribution in [3.8, 4) is 0 Å². The van der Waals surface area contributed by atoms with Crippen LogP contribution in [0, 0.1) is 11.6 Å². The largest absolute Gasteiger partial charge is 0.384 e. The van der Waals surface area contributed by atoms with Crippen molar-refractivity contribution in [2.45, 2.75) is 25.4 Å². The lowest BCUT2D eigenvalue weighted by molar-refractivity contribution is -0.115. The Morgan fingerprint density at radius 3 is 2.61 bits per heavy atom. The third kappa shape index (κ3) is 5.27. The van der Waals surface area contributed by atoms with Gasteiger partial charge < -0.3 is 5.11 Å². The van der Waals surface area contributed by atoms with E-state index in [1.54, 1.807) is 6.07 Å². The highest BCUT2D eigenvalue weighted by Gasteiger charge is 2.21. The van der Waals surface area contributed by atoms with Crippen molar-refractivity contribution in [2.75, 3.05) is 6.54 Å². The van der Waals surface area contributed by atoms with Crippen molar-refractivity contribution in [3.63, 3.8) is 0 Å². The number of halogens is 3. The van der Waals surface area contributed by atoms with Gasteiger partial charge >= 0.3 is 0 Å². The van der Waals surface area contributed by atoms with Crippen LogP contribution in [0.15, 0.2) is 77.3 Å². The Hall–Kier alpha value is -3.15. The SMILES string of the molecule is O=C(CCCc1ccc(Cl)c(C(O)c2ccccc2)c1)C1=C(c2ccc(F)cc2F)CN=C1. The van der Waals surface area contributed by atoms with E-state index >= 15 is 0 Å². The number of aliphatic hydroxyl groups excluding tert-OH is 1. The van der Waals surface area contributed by atoms with Crippen molar-refractivity contribution < 1.29 is 18.7 Å². The van der Waals surface area contributed by atoms with E-state index in [2.05, 4.69) is 4.99 Å². The van der Waals surface area contributed by atoms with Crippen LogP contribution in [-0.4, -0.2) is 23.6 Å². The van der Waals surface area contributed by atoms with Gasteiger partial charge in [-0.2, -0.15) is 0 Å². The quantitative estimate of drug-likeness (QED) is 0.435. The lowest BCUT2D eigenvalue weighted by Gasteiger charge is -2.15. The van der Waals surface area contributed by atoms with E-state index in [1.165, 1.54) is 18.3 Å². The minimum atomic E-state index is -0.840. The van der Waals surface area contributed by atoms with Crippen LogP contribution < -0.4 is 0 Å². The van der Waals surface area contributed by atoms with E-state index in [0.29, 0.717) is 34.6 Å². The smallest absolute Gasteiger partial charge is 0.164 e. The van der Waals surface area contributed by atoms with Crippen molar-refractivity contribution in [1.29, 1.82) is 0 Å². The molecule has 1 N–H and O–H groups in total. The van der Waals surface area contributed by atoms with Crippen molar-refractivity contribution in [1.82, 2.24) is 0 Å². The number of rotatable bonds is 8. The van der Waals surface area contributed by atoms with E-state index in [-0.39, 0.29) is 24.3 Å². The van der Waals surface area contributed by atoms with Gasteiger partial charge in [-0.15, -0.1) is 0 Å². The fourth-order valence-electron chi connectivity index (χ4n) is 3.96. The lowest BCUT2D eigenvalue weighted by atomic mass is 9.95. The summed E-state index contributed by atoms with van der Waals surface area (Å²) in [4.78, 5) is 16.9. The highest BCUT2D eigenvalue weighted by Crippen LogP contribution is 2.30. The number of Topliss-reactive ketones (excluding diaryl/α,β-unsaturated/α-hetero) is 1. The number of nitrogens with zero attached hydrogens (tertiary/aromatic N) is 1. The van der Waals surface area contributed by atoms with Crippen LogP contribution >= 0.6 is 11.6 Å². The van der Waals surface area contributed by atoms with Crippen LogP contribution in [0.3, 0.4) is 0 Å². The molecule has 1 unspecified atom stereocenters. The summed E-state index contributed by atoms with van der Waals surface area (Å²) >= 11 is 6.32. The summed E-state index contributed by atoms with van der Waals surface area (Å²) in [5.41, 5.74) is 3.38. The number of carbonyl (C=O) groups excluding carboxylic acids is 1. The number of aryl methyl sites for hydroxylation is 1. The molecule has 1 aliphatic rings. The Morgan fingerprint density at radius 1 is 1.06 bits per heavy atom. The van der Waals surface area contributed by atoms with E-state index in [4.69, 9.17) is 11.6 Å². The molecule has 0 radical (unpaired) electrons. The zero-order valence-corrected chi connectivity index (χ0v) is 18.5. The fraction of sp³-hybridized carbons (Fsp3) is 0.185. The number of hydrogen-bond donors (Lipinski definition) is 1. The molecule has 6 heteroatoms. The molecule has 0 aromatic heterocycles. The summed E-state index contributed by atoms with van der Waals surface area (Å²) in [5.74, 6) is -1.50. The predicted molar refractivity (Wildman–Crippen MR) is 127 cm³/mol. The third-order valence-corrected chi connectivity index (χ3v) is 6.04. The molecule has 0 saturated carbocycles. The first kappa shape index (κ1) is 23.0. The van der Waals surface area contributed by atoms with Crippen molar-refractivity contribution in [2.24, 2.45) is 4.99 Å². The van der Waals surface area contributed by atoms with Gasteiger partial charge in [0.15, 0.2) is 5.78 Å². The predicted octanol–water partition coefficient (Wildman–Crippen LogP) is 6.13. The maximum absolute atomic E-state index is 14.2. The molecular weight excluding hydrogens is 444 g/mol. The van der Waals surface area contributed by atoms with Gasteiger partial charge in [-0.05, 0) is 47.7 Å². The number of hydrogen-bond acceptors (Lipinski definition) is 3. The summed E-state index contributed by atoms with van der Waals surface area (Å²) in [6, 6.07) is 18.1. The second-order valence-electron chi connectivity index (χ2n) is 7.93. The Balaban J connectivity index is 1.44. The summed E-state index contributed by atoms with van der Waals surface area (Å²) < 4.78 is 27.4. The van der Waals surface area contributed by atoms with Crippen LogP contribution in [-0.2, 0) is 11.2 Å². The standard InChI is InChI=1S/C27H22ClF2NO2/c28-24-12-9-17(13-21(24)27(33)18-6-2-1-3-7-18)5-4-8-26(32)23-16-31-15-22(23)20-11-10-19(29)14-25(20)30/h1-3,6-7,9-14,16,27,33H,4-5,8,15H2. The van der Waals surface area contributed by atoms with Gasteiger partial charge in [0.2, 0.25) is 0 Å². The van der Waals surface area contributed by atoms with E-state index in [0.717, 1.165) is 17.2 Å². The van der Waals surface area contributed by atoms with Gasteiger partial charge in [0.1, 0.15) is 17.7 Å². The molecule has 0 bridgehead atoms. The Bertz CT molecular complexity index is 1240. The van der Waals surface area contributed by atoms with E-state index in [9.17, 15) is 18.7 Å². The molecule has 3 aromatic rings. The van der Waals surface area contributed by atoms with Crippen LogP contribution in [0.25, 0.3) is 5.57 Å². The maximum atomic E-state index is 14.2. The second-order valence-corrected chi connectivity index (χ2v) is 8.34. The molecule has 168 valence electrons. The first-order chi connectivity index (χ1) is 15.9. The lowest BCUT2D eigenvalue weighted by Crippen LogP contribution is -2.07. The first-order valence-electron chi connectivity index (χ1n) is 10.7.